The average molecular weight is 318 g/mol. The molecule has 0 aliphatic rings. The maximum atomic E-state index is 12.3. The Morgan fingerprint density at radius 3 is 2.57 bits per heavy atom. The number of nitro benzene ring substituents is 1. The zero-order chi connectivity index (χ0) is 16.2. The van der Waals surface area contributed by atoms with Gasteiger partial charge in [-0.1, -0.05) is 0 Å². The number of rotatable bonds is 7. The van der Waals surface area contributed by atoms with Crippen molar-refractivity contribution in [1.82, 2.24) is 4.31 Å². The van der Waals surface area contributed by atoms with Crippen LogP contribution in [0.5, 0.6) is 0 Å². The SMILES string of the molecule is COCCN(C)S(=O)(=O)c1ccc([N+](=O)[O-])cc1C(=O)O. The summed E-state index contributed by atoms with van der Waals surface area (Å²) in [6.45, 7) is 0.153. The highest BCUT2D eigenvalue weighted by atomic mass is 32.2. The number of sulfonamides is 1. The molecule has 0 aromatic heterocycles. The van der Waals surface area contributed by atoms with Gasteiger partial charge in [0.2, 0.25) is 10.0 Å². The first-order valence-electron chi connectivity index (χ1n) is 5.68. The van der Waals surface area contributed by atoms with E-state index in [1.165, 1.54) is 14.2 Å². The molecule has 0 aliphatic heterocycles. The molecule has 0 saturated carbocycles. The number of aromatic carboxylic acids is 1. The van der Waals surface area contributed by atoms with Crippen LogP contribution in [0.25, 0.3) is 0 Å². The molecule has 1 N–H and O–H groups in total. The van der Waals surface area contributed by atoms with E-state index in [9.17, 15) is 23.3 Å². The Balaban J connectivity index is 3.35. The predicted octanol–water partition coefficient (Wildman–Crippen LogP) is 0.560. The van der Waals surface area contributed by atoms with Crippen LogP contribution in [-0.4, -0.2) is 56.0 Å². The molecule has 0 unspecified atom stereocenters. The maximum absolute atomic E-state index is 12.3. The van der Waals surface area contributed by atoms with Gasteiger partial charge in [0.05, 0.1) is 22.0 Å². The number of carboxylic acids is 1. The van der Waals surface area contributed by atoms with E-state index < -0.39 is 37.1 Å². The van der Waals surface area contributed by atoms with Gasteiger partial charge in [-0.05, 0) is 6.07 Å². The molecule has 116 valence electrons. The lowest BCUT2D eigenvalue weighted by Crippen LogP contribution is -2.31. The monoisotopic (exact) mass is 318 g/mol. The number of nitrogens with zero attached hydrogens (tertiary/aromatic N) is 2. The first kappa shape index (κ1) is 17.0. The van der Waals surface area contributed by atoms with Gasteiger partial charge >= 0.3 is 5.97 Å². The molecule has 10 heteroatoms. The summed E-state index contributed by atoms with van der Waals surface area (Å²) in [5.74, 6) is -1.56. The summed E-state index contributed by atoms with van der Waals surface area (Å²) in [6, 6.07) is 2.59. The highest BCUT2D eigenvalue weighted by Crippen LogP contribution is 2.24. The van der Waals surface area contributed by atoms with Crippen LogP contribution in [0.2, 0.25) is 0 Å². The molecule has 0 amide bonds. The van der Waals surface area contributed by atoms with Crippen molar-refractivity contribution in [3.05, 3.63) is 33.9 Å². The molecule has 0 aliphatic carbocycles. The van der Waals surface area contributed by atoms with E-state index in [4.69, 9.17) is 9.84 Å². The van der Waals surface area contributed by atoms with Crippen molar-refractivity contribution in [2.45, 2.75) is 4.90 Å². The number of likely N-dealkylation sites (N-methyl/N-ethyl adjacent to an activating group) is 1. The predicted molar refractivity (Wildman–Crippen MR) is 71.7 cm³/mol. The summed E-state index contributed by atoms with van der Waals surface area (Å²) in [4.78, 5) is 20.5. The molecule has 0 fully saturated rings. The van der Waals surface area contributed by atoms with Crippen LogP contribution in [0.1, 0.15) is 10.4 Å². The Bertz CT molecular complexity index is 657. The van der Waals surface area contributed by atoms with E-state index in [-0.39, 0.29) is 13.2 Å². The molecule has 0 radical (unpaired) electrons. The highest BCUT2D eigenvalue weighted by Gasteiger charge is 2.28. The second-order valence-corrected chi connectivity index (χ2v) is 6.08. The van der Waals surface area contributed by atoms with Crippen LogP contribution in [0.15, 0.2) is 23.1 Å². The van der Waals surface area contributed by atoms with E-state index in [1.54, 1.807) is 0 Å². The van der Waals surface area contributed by atoms with Crippen LogP contribution >= 0.6 is 0 Å². The van der Waals surface area contributed by atoms with E-state index in [2.05, 4.69) is 0 Å². The minimum atomic E-state index is -4.08. The number of nitro groups is 1. The third-order valence-corrected chi connectivity index (χ3v) is 4.62. The lowest BCUT2D eigenvalue weighted by atomic mass is 10.2. The van der Waals surface area contributed by atoms with Crippen molar-refractivity contribution >= 4 is 21.7 Å². The number of non-ortho nitro benzene ring substituents is 1. The quantitative estimate of drug-likeness (QED) is 0.574. The van der Waals surface area contributed by atoms with Crippen molar-refractivity contribution < 1.29 is 28.0 Å². The van der Waals surface area contributed by atoms with Gasteiger partial charge < -0.3 is 9.84 Å². The zero-order valence-electron chi connectivity index (χ0n) is 11.3. The average Bonchev–Trinajstić information content (AvgIpc) is 2.43. The number of hydrogen-bond acceptors (Lipinski definition) is 6. The molecular weight excluding hydrogens is 304 g/mol. The van der Waals surface area contributed by atoms with Crippen LogP contribution in [0.3, 0.4) is 0 Å². The Morgan fingerprint density at radius 2 is 2.10 bits per heavy atom. The highest BCUT2D eigenvalue weighted by molar-refractivity contribution is 7.89. The number of carboxylic acid groups (broad SMARTS) is 1. The molecule has 0 saturated heterocycles. The van der Waals surface area contributed by atoms with Gasteiger partial charge in [-0.15, -0.1) is 0 Å². The largest absolute Gasteiger partial charge is 0.478 e. The van der Waals surface area contributed by atoms with Gasteiger partial charge in [0.25, 0.3) is 5.69 Å². The normalized spacial score (nSPS) is 11.6. The second-order valence-electron chi connectivity index (χ2n) is 4.06. The van der Waals surface area contributed by atoms with E-state index in [0.29, 0.717) is 0 Å². The van der Waals surface area contributed by atoms with Gasteiger partial charge in [-0.25, -0.2) is 13.2 Å². The summed E-state index contributed by atoms with van der Waals surface area (Å²) < 4.78 is 30.2. The van der Waals surface area contributed by atoms with Gasteiger partial charge in [0.1, 0.15) is 0 Å². The summed E-state index contributed by atoms with van der Waals surface area (Å²) in [7, 11) is -1.42. The molecule has 1 rings (SSSR count). The molecule has 21 heavy (non-hydrogen) atoms. The number of benzene rings is 1. The zero-order valence-corrected chi connectivity index (χ0v) is 12.2. The fourth-order valence-corrected chi connectivity index (χ4v) is 2.85. The van der Waals surface area contributed by atoms with Gasteiger partial charge in [-0.2, -0.15) is 4.31 Å². The lowest BCUT2D eigenvalue weighted by Gasteiger charge is -2.17. The molecule has 0 atom stereocenters. The van der Waals surface area contributed by atoms with E-state index in [0.717, 1.165) is 22.5 Å². The molecule has 1 aromatic rings. The minimum absolute atomic E-state index is 0.0227. The van der Waals surface area contributed by atoms with E-state index >= 15 is 0 Å². The summed E-state index contributed by atoms with van der Waals surface area (Å²) in [5, 5.41) is 19.7. The van der Waals surface area contributed by atoms with Crippen molar-refractivity contribution in [3.8, 4) is 0 Å². The second kappa shape index (κ2) is 6.61. The maximum Gasteiger partial charge on any atom is 0.337 e. The fourth-order valence-electron chi connectivity index (χ4n) is 1.53. The minimum Gasteiger partial charge on any atom is -0.478 e. The molecule has 0 spiro atoms. The lowest BCUT2D eigenvalue weighted by molar-refractivity contribution is -0.384. The number of hydrogen-bond donors (Lipinski definition) is 1. The van der Waals surface area contributed by atoms with Gasteiger partial charge in [0.15, 0.2) is 0 Å². The van der Waals surface area contributed by atoms with Crippen molar-refractivity contribution in [2.24, 2.45) is 0 Å². The molecule has 0 heterocycles. The smallest absolute Gasteiger partial charge is 0.337 e. The topological polar surface area (TPSA) is 127 Å². The Labute approximate surface area is 120 Å². The fraction of sp³-hybridized carbons (Fsp3) is 0.364. The molecule has 1 aromatic carbocycles. The van der Waals surface area contributed by atoms with Crippen molar-refractivity contribution in [2.75, 3.05) is 27.3 Å². The molecular formula is C11H14N2O7S. The van der Waals surface area contributed by atoms with Crippen LogP contribution < -0.4 is 0 Å². The van der Waals surface area contributed by atoms with Crippen LogP contribution in [0, 0.1) is 10.1 Å². The third-order valence-electron chi connectivity index (χ3n) is 2.70. The molecule has 0 bridgehead atoms. The van der Waals surface area contributed by atoms with E-state index in [1.807, 2.05) is 0 Å². The first-order valence-corrected chi connectivity index (χ1v) is 7.12. The Morgan fingerprint density at radius 1 is 1.48 bits per heavy atom. The van der Waals surface area contributed by atoms with Crippen LogP contribution in [-0.2, 0) is 14.8 Å². The Hall–Kier alpha value is -2.04. The van der Waals surface area contributed by atoms with Crippen LogP contribution in [0.4, 0.5) is 5.69 Å². The summed E-state index contributed by atoms with van der Waals surface area (Å²) in [6.07, 6.45) is 0. The summed E-state index contributed by atoms with van der Waals surface area (Å²) in [5.41, 5.74) is -1.14. The number of carbonyl (C=O) groups is 1. The summed E-state index contributed by atoms with van der Waals surface area (Å²) >= 11 is 0. The number of ether oxygens (including phenoxy) is 1. The number of methoxy groups -OCH3 is 1. The van der Waals surface area contributed by atoms with Gasteiger partial charge in [-0.3, -0.25) is 10.1 Å². The van der Waals surface area contributed by atoms with Crippen molar-refractivity contribution in [1.29, 1.82) is 0 Å². The molecule has 9 nitrogen and oxygen atoms in total. The third kappa shape index (κ3) is 3.74. The Kier molecular flexibility index (Phi) is 5.35. The first-order chi connectivity index (χ1) is 9.71. The standard InChI is InChI=1S/C11H14N2O7S/c1-12(5-6-20-2)21(18,19)10-4-3-8(13(16)17)7-9(10)11(14)15/h3-4,7H,5-6H2,1-2H3,(H,14,15). The van der Waals surface area contributed by atoms with Gasteiger partial charge in [0, 0.05) is 32.8 Å². The van der Waals surface area contributed by atoms with Crippen molar-refractivity contribution in [3.63, 3.8) is 0 Å².